The van der Waals surface area contributed by atoms with E-state index in [-0.39, 0.29) is 17.4 Å². The molecule has 2 aliphatic rings. The van der Waals surface area contributed by atoms with Crippen LogP contribution in [0, 0.1) is 5.41 Å². The van der Waals surface area contributed by atoms with E-state index in [0.29, 0.717) is 0 Å². The third kappa shape index (κ3) is 3.21. The third-order valence-electron chi connectivity index (χ3n) is 5.95. The Bertz CT molecular complexity index is 666. The molecule has 2 aromatic rings. The zero-order chi connectivity index (χ0) is 17.1. The van der Waals surface area contributed by atoms with Crippen molar-refractivity contribution >= 4 is 5.91 Å². The number of hydrogen-bond acceptors (Lipinski definition) is 2. The Morgan fingerprint density at radius 2 is 1.40 bits per heavy atom. The Hall–Kier alpha value is -2.13. The van der Waals surface area contributed by atoms with Crippen LogP contribution in [0.4, 0.5) is 0 Å². The first-order valence-electron chi connectivity index (χ1n) is 9.41. The van der Waals surface area contributed by atoms with E-state index in [1.54, 1.807) is 0 Å². The van der Waals surface area contributed by atoms with Gasteiger partial charge in [0, 0.05) is 19.6 Å². The summed E-state index contributed by atoms with van der Waals surface area (Å²) in [6.07, 6.45) is 4.10. The molecular formula is C22H26N2O. The Kier molecular flexibility index (Phi) is 4.58. The number of benzene rings is 2. The highest BCUT2D eigenvalue weighted by atomic mass is 16.2. The largest absolute Gasteiger partial charge is 0.356 e. The quantitative estimate of drug-likeness (QED) is 0.927. The highest BCUT2D eigenvalue weighted by Crippen LogP contribution is 2.41. The SMILES string of the molecule is O=C1NCCCC12CCN(C(c1ccccc1)c1ccccc1)CC2. The van der Waals surface area contributed by atoms with Gasteiger partial charge in [-0.3, -0.25) is 9.69 Å². The lowest BCUT2D eigenvalue weighted by molar-refractivity contribution is -0.137. The van der Waals surface area contributed by atoms with E-state index in [1.807, 2.05) is 0 Å². The maximum absolute atomic E-state index is 12.5. The van der Waals surface area contributed by atoms with Gasteiger partial charge >= 0.3 is 0 Å². The molecule has 4 rings (SSSR count). The first-order valence-corrected chi connectivity index (χ1v) is 9.41. The molecule has 2 heterocycles. The van der Waals surface area contributed by atoms with Crippen molar-refractivity contribution in [3.63, 3.8) is 0 Å². The lowest BCUT2D eigenvalue weighted by Crippen LogP contribution is -2.52. The van der Waals surface area contributed by atoms with Gasteiger partial charge < -0.3 is 5.32 Å². The van der Waals surface area contributed by atoms with Gasteiger partial charge in [-0.15, -0.1) is 0 Å². The van der Waals surface area contributed by atoms with Crippen molar-refractivity contribution in [3.05, 3.63) is 71.8 Å². The Morgan fingerprint density at radius 3 is 1.92 bits per heavy atom. The van der Waals surface area contributed by atoms with Gasteiger partial charge in [0.15, 0.2) is 0 Å². The summed E-state index contributed by atoms with van der Waals surface area (Å²) in [4.78, 5) is 15.0. The number of nitrogens with zero attached hydrogens (tertiary/aromatic N) is 1. The first kappa shape index (κ1) is 16.3. The summed E-state index contributed by atoms with van der Waals surface area (Å²) in [5.41, 5.74) is 2.54. The highest BCUT2D eigenvalue weighted by Gasteiger charge is 2.43. The second-order valence-electron chi connectivity index (χ2n) is 7.40. The second-order valence-corrected chi connectivity index (χ2v) is 7.40. The summed E-state index contributed by atoms with van der Waals surface area (Å²) in [5, 5.41) is 3.09. The summed E-state index contributed by atoms with van der Waals surface area (Å²) >= 11 is 0. The molecule has 2 aliphatic heterocycles. The van der Waals surface area contributed by atoms with E-state index in [0.717, 1.165) is 45.3 Å². The van der Waals surface area contributed by atoms with Crippen LogP contribution in [0.25, 0.3) is 0 Å². The molecule has 0 atom stereocenters. The summed E-state index contributed by atoms with van der Waals surface area (Å²) in [6.45, 7) is 2.80. The van der Waals surface area contributed by atoms with Crippen molar-refractivity contribution < 1.29 is 4.79 Å². The van der Waals surface area contributed by atoms with Crippen LogP contribution in [0.2, 0.25) is 0 Å². The Labute approximate surface area is 150 Å². The lowest BCUT2D eigenvalue weighted by Gasteiger charge is -2.45. The molecule has 2 saturated heterocycles. The predicted octanol–water partition coefficient (Wildman–Crippen LogP) is 3.77. The van der Waals surface area contributed by atoms with Gasteiger partial charge in [-0.25, -0.2) is 0 Å². The molecule has 0 aliphatic carbocycles. The molecule has 130 valence electrons. The molecule has 1 N–H and O–H groups in total. The van der Waals surface area contributed by atoms with Crippen LogP contribution in [-0.4, -0.2) is 30.4 Å². The lowest BCUT2D eigenvalue weighted by atomic mass is 9.72. The van der Waals surface area contributed by atoms with Gasteiger partial charge in [0.2, 0.25) is 5.91 Å². The zero-order valence-electron chi connectivity index (χ0n) is 14.7. The first-order chi connectivity index (χ1) is 12.3. The minimum atomic E-state index is -0.118. The van der Waals surface area contributed by atoms with Gasteiger partial charge in [0.1, 0.15) is 0 Å². The van der Waals surface area contributed by atoms with Crippen molar-refractivity contribution in [1.82, 2.24) is 10.2 Å². The molecule has 2 fully saturated rings. The van der Waals surface area contributed by atoms with E-state index in [2.05, 4.69) is 70.9 Å². The maximum Gasteiger partial charge on any atom is 0.226 e. The summed E-state index contributed by atoms with van der Waals surface area (Å²) in [7, 11) is 0. The smallest absolute Gasteiger partial charge is 0.226 e. The molecule has 0 unspecified atom stereocenters. The number of hydrogen-bond donors (Lipinski definition) is 1. The Balaban J connectivity index is 1.58. The summed E-state index contributed by atoms with van der Waals surface area (Å²) < 4.78 is 0. The van der Waals surface area contributed by atoms with Gasteiger partial charge in [-0.2, -0.15) is 0 Å². The third-order valence-corrected chi connectivity index (χ3v) is 5.95. The van der Waals surface area contributed by atoms with Gasteiger partial charge in [0.25, 0.3) is 0 Å². The van der Waals surface area contributed by atoms with Crippen molar-refractivity contribution in [1.29, 1.82) is 0 Å². The monoisotopic (exact) mass is 334 g/mol. The van der Waals surface area contributed by atoms with Crippen LogP contribution in [0.1, 0.15) is 42.9 Å². The van der Waals surface area contributed by atoms with E-state index in [1.165, 1.54) is 11.1 Å². The average Bonchev–Trinajstić information content (AvgIpc) is 2.68. The van der Waals surface area contributed by atoms with E-state index in [9.17, 15) is 4.79 Å². The number of likely N-dealkylation sites (tertiary alicyclic amines) is 1. The second kappa shape index (κ2) is 7.01. The molecule has 0 aromatic heterocycles. The molecular weight excluding hydrogens is 308 g/mol. The average molecular weight is 334 g/mol. The predicted molar refractivity (Wildman–Crippen MR) is 100 cm³/mol. The van der Waals surface area contributed by atoms with Gasteiger partial charge in [-0.1, -0.05) is 60.7 Å². The molecule has 3 nitrogen and oxygen atoms in total. The summed E-state index contributed by atoms with van der Waals surface area (Å²) in [6, 6.07) is 21.8. The normalized spacial score (nSPS) is 20.6. The van der Waals surface area contributed by atoms with Crippen LogP contribution in [0.5, 0.6) is 0 Å². The fourth-order valence-corrected chi connectivity index (χ4v) is 4.50. The standard InChI is InChI=1S/C22H26N2O/c25-21-22(12-7-15-23-21)13-16-24(17-14-22)20(18-8-3-1-4-9-18)19-10-5-2-6-11-19/h1-6,8-11,20H,7,12-17H2,(H,23,25). The number of nitrogens with one attached hydrogen (secondary N) is 1. The van der Waals surface area contributed by atoms with Crippen LogP contribution < -0.4 is 5.32 Å². The van der Waals surface area contributed by atoms with Crippen molar-refractivity contribution in [3.8, 4) is 0 Å². The molecule has 0 saturated carbocycles. The topological polar surface area (TPSA) is 32.3 Å². The maximum atomic E-state index is 12.5. The van der Waals surface area contributed by atoms with E-state index in [4.69, 9.17) is 0 Å². The van der Waals surface area contributed by atoms with E-state index >= 15 is 0 Å². The minimum absolute atomic E-state index is 0.118. The summed E-state index contributed by atoms with van der Waals surface area (Å²) in [5.74, 6) is 0.286. The molecule has 0 bridgehead atoms. The number of carbonyl (C=O) groups is 1. The van der Waals surface area contributed by atoms with Crippen LogP contribution in [-0.2, 0) is 4.79 Å². The molecule has 3 heteroatoms. The fraction of sp³-hybridized carbons (Fsp3) is 0.409. The molecule has 1 amide bonds. The van der Waals surface area contributed by atoms with Crippen LogP contribution in [0.15, 0.2) is 60.7 Å². The molecule has 2 aromatic carbocycles. The van der Waals surface area contributed by atoms with Crippen molar-refractivity contribution in [2.45, 2.75) is 31.7 Å². The number of amides is 1. The van der Waals surface area contributed by atoms with Gasteiger partial charge in [0.05, 0.1) is 11.5 Å². The number of piperidine rings is 2. The minimum Gasteiger partial charge on any atom is -0.356 e. The van der Waals surface area contributed by atoms with Crippen molar-refractivity contribution in [2.24, 2.45) is 5.41 Å². The number of rotatable bonds is 3. The van der Waals surface area contributed by atoms with Crippen molar-refractivity contribution in [2.75, 3.05) is 19.6 Å². The highest BCUT2D eigenvalue weighted by molar-refractivity contribution is 5.83. The Morgan fingerprint density at radius 1 is 0.840 bits per heavy atom. The fourth-order valence-electron chi connectivity index (χ4n) is 4.50. The number of carbonyl (C=O) groups excluding carboxylic acids is 1. The zero-order valence-corrected chi connectivity index (χ0v) is 14.7. The molecule has 1 spiro atoms. The molecule has 0 radical (unpaired) electrons. The van der Waals surface area contributed by atoms with Crippen LogP contribution >= 0.6 is 0 Å². The van der Waals surface area contributed by atoms with E-state index < -0.39 is 0 Å². The van der Waals surface area contributed by atoms with Gasteiger partial charge in [-0.05, 0) is 36.8 Å². The molecule has 25 heavy (non-hydrogen) atoms. The van der Waals surface area contributed by atoms with Crippen LogP contribution in [0.3, 0.4) is 0 Å².